The van der Waals surface area contributed by atoms with E-state index in [1.807, 2.05) is 0 Å². The van der Waals surface area contributed by atoms with E-state index in [0.29, 0.717) is 0 Å². The lowest BCUT2D eigenvalue weighted by Gasteiger charge is -2.43. The van der Waals surface area contributed by atoms with Crippen molar-refractivity contribution in [2.24, 2.45) is 17.8 Å². The van der Waals surface area contributed by atoms with Crippen LogP contribution in [0.3, 0.4) is 0 Å². The second kappa shape index (κ2) is 3.73. The van der Waals surface area contributed by atoms with Crippen molar-refractivity contribution >= 4 is 0 Å². The van der Waals surface area contributed by atoms with Crippen LogP contribution in [0.25, 0.3) is 0 Å². The van der Waals surface area contributed by atoms with Crippen molar-refractivity contribution in [3.63, 3.8) is 0 Å². The van der Waals surface area contributed by atoms with Crippen LogP contribution in [0, 0.1) is 17.8 Å². The molecule has 0 aliphatic heterocycles. The van der Waals surface area contributed by atoms with Crippen molar-refractivity contribution in [1.82, 2.24) is 0 Å². The number of aliphatic hydroxyl groups is 1. The first-order valence-corrected chi connectivity index (χ1v) is 5.57. The maximum atomic E-state index is 13.7. The highest BCUT2D eigenvalue weighted by molar-refractivity contribution is 5.14. The summed E-state index contributed by atoms with van der Waals surface area (Å²) in [6.07, 6.45) is -13.1. The van der Waals surface area contributed by atoms with Gasteiger partial charge in [0.15, 0.2) is 0 Å². The fourth-order valence-electron chi connectivity index (χ4n) is 3.37. The smallest absolute Gasteiger partial charge is 0.373 e. The van der Waals surface area contributed by atoms with Gasteiger partial charge in [-0.2, -0.15) is 26.3 Å². The highest BCUT2D eigenvalue weighted by atomic mass is 19.4. The van der Waals surface area contributed by atoms with Crippen LogP contribution in [0.5, 0.6) is 0 Å². The molecule has 3 atom stereocenters. The van der Waals surface area contributed by atoms with Gasteiger partial charge in [0.25, 0.3) is 11.5 Å². The van der Waals surface area contributed by atoms with Crippen LogP contribution in [0.1, 0.15) is 19.3 Å². The summed E-state index contributed by atoms with van der Waals surface area (Å²) >= 11 is 0. The van der Waals surface area contributed by atoms with Gasteiger partial charge in [-0.1, -0.05) is 0 Å². The second-order valence-electron chi connectivity index (χ2n) is 5.18. The standard InChI is InChI=1S/C10H10F8O/c11-7(12)5-2-1-4(3-5)6(7)8(19,9(13,14)15)10(16,17)18/h4-6,19H,1-3H2. The van der Waals surface area contributed by atoms with E-state index in [0.717, 1.165) is 0 Å². The molecule has 0 spiro atoms. The molecule has 2 fully saturated rings. The van der Waals surface area contributed by atoms with Gasteiger partial charge < -0.3 is 5.11 Å². The van der Waals surface area contributed by atoms with Gasteiger partial charge in [-0.05, 0) is 25.2 Å². The van der Waals surface area contributed by atoms with Crippen LogP contribution in [-0.2, 0) is 0 Å². The molecule has 3 unspecified atom stereocenters. The summed E-state index contributed by atoms with van der Waals surface area (Å²) in [4.78, 5) is 0. The van der Waals surface area contributed by atoms with E-state index in [4.69, 9.17) is 5.11 Å². The molecule has 112 valence electrons. The van der Waals surface area contributed by atoms with E-state index in [-0.39, 0.29) is 12.8 Å². The molecule has 1 N–H and O–H groups in total. The third-order valence-corrected chi connectivity index (χ3v) is 4.22. The zero-order valence-corrected chi connectivity index (χ0v) is 9.32. The lowest BCUT2D eigenvalue weighted by Crippen LogP contribution is -2.66. The van der Waals surface area contributed by atoms with E-state index in [1.165, 1.54) is 0 Å². The normalized spacial score (nSPS) is 34.9. The average molecular weight is 298 g/mol. The minimum Gasteiger partial charge on any atom is -0.373 e. The lowest BCUT2D eigenvalue weighted by atomic mass is 9.73. The van der Waals surface area contributed by atoms with Gasteiger partial charge in [0.1, 0.15) is 0 Å². The summed E-state index contributed by atoms with van der Waals surface area (Å²) in [6, 6.07) is 0. The van der Waals surface area contributed by atoms with Gasteiger partial charge in [-0.3, -0.25) is 0 Å². The molecule has 0 aromatic heterocycles. The molecule has 0 aromatic rings. The predicted octanol–water partition coefficient (Wildman–Crippen LogP) is 3.52. The van der Waals surface area contributed by atoms with Crippen molar-refractivity contribution in [2.75, 3.05) is 0 Å². The van der Waals surface area contributed by atoms with Gasteiger partial charge in [0, 0.05) is 5.92 Å². The highest BCUT2D eigenvalue weighted by Crippen LogP contribution is 2.65. The monoisotopic (exact) mass is 298 g/mol. The van der Waals surface area contributed by atoms with Crippen molar-refractivity contribution in [1.29, 1.82) is 0 Å². The van der Waals surface area contributed by atoms with Crippen LogP contribution in [0.15, 0.2) is 0 Å². The lowest BCUT2D eigenvalue weighted by molar-refractivity contribution is -0.405. The Labute approximate surface area is 102 Å². The van der Waals surface area contributed by atoms with Crippen LogP contribution >= 0.6 is 0 Å². The Kier molecular flexibility index (Phi) is 2.91. The molecule has 2 saturated carbocycles. The molecule has 0 saturated heterocycles. The molecule has 2 bridgehead atoms. The minimum absolute atomic E-state index is 0.111. The van der Waals surface area contributed by atoms with Crippen LogP contribution in [-0.4, -0.2) is 29.0 Å². The molecule has 2 rings (SSSR count). The average Bonchev–Trinajstić information content (AvgIpc) is 2.70. The number of alkyl halides is 8. The fraction of sp³-hybridized carbons (Fsp3) is 1.00. The first kappa shape index (κ1) is 14.8. The first-order chi connectivity index (χ1) is 8.33. The van der Waals surface area contributed by atoms with Crippen LogP contribution < -0.4 is 0 Å². The van der Waals surface area contributed by atoms with E-state index >= 15 is 0 Å². The molecular formula is C10H10F8O. The Morgan fingerprint density at radius 3 is 1.68 bits per heavy atom. The summed E-state index contributed by atoms with van der Waals surface area (Å²) in [5.74, 6) is -10.3. The van der Waals surface area contributed by atoms with Gasteiger partial charge in [-0.25, -0.2) is 8.78 Å². The van der Waals surface area contributed by atoms with Crippen LogP contribution in [0.4, 0.5) is 35.1 Å². The van der Waals surface area contributed by atoms with Gasteiger partial charge in [0.2, 0.25) is 0 Å². The summed E-state index contributed by atoms with van der Waals surface area (Å²) in [7, 11) is 0. The largest absolute Gasteiger partial charge is 0.426 e. The van der Waals surface area contributed by atoms with Crippen molar-refractivity contribution < 1.29 is 40.2 Å². The summed E-state index contributed by atoms with van der Waals surface area (Å²) in [5.41, 5.74) is -5.36. The zero-order valence-electron chi connectivity index (χ0n) is 9.32. The van der Waals surface area contributed by atoms with Crippen molar-refractivity contribution in [3.05, 3.63) is 0 Å². The number of hydrogen-bond acceptors (Lipinski definition) is 1. The zero-order chi connectivity index (χ0) is 14.9. The molecule has 2 aliphatic carbocycles. The van der Waals surface area contributed by atoms with Crippen LogP contribution in [0.2, 0.25) is 0 Å². The topological polar surface area (TPSA) is 20.2 Å². The molecule has 0 amide bonds. The number of hydrogen-bond donors (Lipinski definition) is 1. The number of halogens is 8. The minimum atomic E-state index is -6.19. The Morgan fingerprint density at radius 2 is 1.37 bits per heavy atom. The molecule has 2 aliphatic rings. The Balaban J connectivity index is 2.52. The van der Waals surface area contributed by atoms with E-state index in [2.05, 4.69) is 0 Å². The third kappa shape index (κ3) is 1.76. The second-order valence-corrected chi connectivity index (χ2v) is 5.18. The van der Waals surface area contributed by atoms with Crippen molar-refractivity contribution in [2.45, 2.75) is 43.1 Å². The Morgan fingerprint density at radius 1 is 0.895 bits per heavy atom. The van der Waals surface area contributed by atoms with Gasteiger partial charge >= 0.3 is 12.4 Å². The third-order valence-electron chi connectivity index (χ3n) is 4.22. The molecule has 0 aromatic carbocycles. The van der Waals surface area contributed by atoms with Gasteiger partial charge in [-0.15, -0.1) is 0 Å². The molecule has 1 nitrogen and oxygen atoms in total. The molecule has 0 radical (unpaired) electrons. The van der Waals surface area contributed by atoms with Gasteiger partial charge in [0.05, 0.1) is 5.92 Å². The molecular weight excluding hydrogens is 288 g/mol. The maximum Gasteiger partial charge on any atom is 0.426 e. The Bertz CT molecular complexity index is 357. The Hall–Kier alpha value is -0.600. The highest BCUT2D eigenvalue weighted by Gasteiger charge is 2.82. The van der Waals surface area contributed by atoms with E-state index < -0.39 is 48.1 Å². The summed E-state index contributed by atoms with van der Waals surface area (Å²) in [5, 5.41) is 9.11. The summed E-state index contributed by atoms with van der Waals surface area (Å²) in [6.45, 7) is 0. The summed E-state index contributed by atoms with van der Waals surface area (Å²) < 4.78 is 103. The molecule has 9 heteroatoms. The van der Waals surface area contributed by atoms with Crippen molar-refractivity contribution in [3.8, 4) is 0 Å². The number of rotatable bonds is 1. The maximum absolute atomic E-state index is 13.7. The molecule has 19 heavy (non-hydrogen) atoms. The SMILES string of the molecule is OC(C1C2CCC(C2)C1(F)F)(C(F)(F)F)C(F)(F)F. The fourth-order valence-corrected chi connectivity index (χ4v) is 3.37. The quantitative estimate of drug-likeness (QED) is 0.734. The first-order valence-electron chi connectivity index (χ1n) is 5.57. The van der Waals surface area contributed by atoms with E-state index in [1.54, 1.807) is 0 Å². The number of fused-ring (bicyclic) bond motifs is 2. The predicted molar refractivity (Wildman–Crippen MR) is 46.3 cm³/mol. The molecule has 0 heterocycles. The van der Waals surface area contributed by atoms with E-state index in [9.17, 15) is 35.1 Å².